The Morgan fingerprint density at radius 2 is 2.00 bits per heavy atom. The number of H-pyrrole nitrogens is 1. The second kappa shape index (κ2) is 5.66. The van der Waals surface area contributed by atoms with Gasteiger partial charge in [0.05, 0.1) is 27.6 Å². The molecule has 0 aliphatic carbocycles. The van der Waals surface area contributed by atoms with E-state index in [9.17, 15) is 10.1 Å². The number of hydrogen-bond acceptors (Lipinski definition) is 4. The summed E-state index contributed by atoms with van der Waals surface area (Å²) >= 11 is 0. The Kier molecular flexibility index (Phi) is 3.54. The summed E-state index contributed by atoms with van der Waals surface area (Å²) in [6.45, 7) is 0. The zero-order valence-electron chi connectivity index (χ0n) is 11.6. The average molecular weight is 292 g/mol. The first kappa shape index (κ1) is 13.8. The van der Waals surface area contributed by atoms with E-state index in [0.29, 0.717) is 23.3 Å². The van der Waals surface area contributed by atoms with Crippen molar-refractivity contribution >= 4 is 16.7 Å². The van der Waals surface area contributed by atoms with E-state index in [0.717, 1.165) is 11.1 Å². The van der Waals surface area contributed by atoms with E-state index in [-0.39, 0.29) is 12.1 Å². The number of nitriles is 1. The number of hydrogen-bond donors (Lipinski definition) is 1. The molecule has 3 aromatic rings. The molecule has 0 aliphatic rings. The van der Waals surface area contributed by atoms with Crippen LogP contribution in [0.5, 0.6) is 0 Å². The highest BCUT2D eigenvalue weighted by atomic mass is 16.6. The van der Waals surface area contributed by atoms with Crippen LogP contribution in [0.4, 0.5) is 5.69 Å². The molecule has 0 unspecified atom stereocenters. The molecule has 0 bridgehead atoms. The number of nitro groups is 1. The first-order chi connectivity index (χ1) is 10.7. The number of aromatic amines is 1. The molecule has 2 aromatic carbocycles. The van der Waals surface area contributed by atoms with Crippen molar-refractivity contribution in [3.8, 4) is 17.5 Å². The van der Waals surface area contributed by atoms with Gasteiger partial charge in [0.25, 0.3) is 5.69 Å². The van der Waals surface area contributed by atoms with Gasteiger partial charge in [0, 0.05) is 18.1 Å². The average Bonchev–Trinajstić information content (AvgIpc) is 2.97. The van der Waals surface area contributed by atoms with Gasteiger partial charge in [-0.05, 0) is 12.5 Å². The highest BCUT2D eigenvalue weighted by molar-refractivity contribution is 5.85. The zero-order chi connectivity index (χ0) is 15.5. The van der Waals surface area contributed by atoms with E-state index in [4.69, 9.17) is 5.26 Å². The molecule has 6 nitrogen and oxygen atoms in total. The maximum atomic E-state index is 11.2. The summed E-state index contributed by atoms with van der Waals surface area (Å²) in [5.41, 5.74) is 2.71. The molecule has 0 atom stereocenters. The lowest BCUT2D eigenvalue weighted by Gasteiger charge is -2.01. The van der Waals surface area contributed by atoms with Gasteiger partial charge >= 0.3 is 0 Å². The third-order valence-electron chi connectivity index (χ3n) is 3.47. The lowest BCUT2D eigenvalue weighted by atomic mass is 10.1. The van der Waals surface area contributed by atoms with Gasteiger partial charge in [0.1, 0.15) is 5.82 Å². The summed E-state index contributed by atoms with van der Waals surface area (Å²) in [7, 11) is 0. The van der Waals surface area contributed by atoms with E-state index in [1.807, 2.05) is 36.4 Å². The van der Waals surface area contributed by atoms with Crippen LogP contribution < -0.4 is 0 Å². The summed E-state index contributed by atoms with van der Waals surface area (Å²) in [6.07, 6.45) is 0.525. The molecular formula is C16H12N4O2. The molecule has 22 heavy (non-hydrogen) atoms. The Morgan fingerprint density at radius 3 is 2.68 bits per heavy atom. The monoisotopic (exact) mass is 292 g/mol. The summed E-state index contributed by atoms with van der Waals surface area (Å²) in [6, 6.07) is 14.7. The van der Waals surface area contributed by atoms with E-state index >= 15 is 0 Å². The Bertz CT molecular complexity index is 878. The van der Waals surface area contributed by atoms with Crippen molar-refractivity contribution in [2.24, 2.45) is 0 Å². The molecule has 0 fully saturated rings. The number of fused-ring (bicyclic) bond motifs is 1. The van der Waals surface area contributed by atoms with Crippen molar-refractivity contribution < 1.29 is 4.92 Å². The largest absolute Gasteiger partial charge is 0.338 e. The topological polar surface area (TPSA) is 95.6 Å². The van der Waals surface area contributed by atoms with Gasteiger partial charge in [0.15, 0.2) is 0 Å². The van der Waals surface area contributed by atoms with E-state index in [2.05, 4.69) is 9.97 Å². The quantitative estimate of drug-likeness (QED) is 0.587. The maximum absolute atomic E-state index is 11.2. The van der Waals surface area contributed by atoms with E-state index in [1.165, 1.54) is 6.07 Å². The number of nitrogens with one attached hydrogen (secondary N) is 1. The highest BCUT2D eigenvalue weighted by Gasteiger charge is 2.19. The fourth-order valence-electron chi connectivity index (χ4n) is 2.45. The van der Waals surface area contributed by atoms with Crippen molar-refractivity contribution in [1.29, 1.82) is 5.26 Å². The Morgan fingerprint density at radius 1 is 1.23 bits per heavy atom. The molecule has 0 spiro atoms. The smallest absolute Gasteiger partial charge is 0.274 e. The SMILES string of the molecule is N#CCCc1c([N+](=O)[O-])ccc2[nH]c(-c3ccccc3)nc12. The lowest BCUT2D eigenvalue weighted by Crippen LogP contribution is -1.96. The minimum absolute atomic E-state index is 0.00821. The Hall–Kier alpha value is -3.20. The van der Waals surface area contributed by atoms with Gasteiger partial charge in [-0.2, -0.15) is 5.26 Å². The third-order valence-corrected chi connectivity index (χ3v) is 3.47. The van der Waals surface area contributed by atoms with Crippen LogP contribution in [0.2, 0.25) is 0 Å². The molecule has 3 rings (SSSR count). The van der Waals surface area contributed by atoms with Crippen LogP contribution >= 0.6 is 0 Å². The molecule has 0 radical (unpaired) electrons. The standard InChI is InChI=1S/C16H12N4O2/c17-10-4-7-12-14(20(21)22)9-8-13-15(12)19-16(18-13)11-5-2-1-3-6-11/h1-3,5-6,8-9H,4,7H2,(H,18,19). The fourth-order valence-corrected chi connectivity index (χ4v) is 2.45. The van der Waals surface area contributed by atoms with Crippen molar-refractivity contribution in [1.82, 2.24) is 9.97 Å². The fraction of sp³-hybridized carbons (Fsp3) is 0.125. The van der Waals surface area contributed by atoms with Gasteiger partial charge in [-0.3, -0.25) is 10.1 Å². The number of rotatable bonds is 4. The van der Waals surface area contributed by atoms with Crippen LogP contribution in [0.15, 0.2) is 42.5 Å². The van der Waals surface area contributed by atoms with Gasteiger partial charge in [-0.25, -0.2) is 4.98 Å². The molecule has 1 aromatic heterocycles. The van der Waals surface area contributed by atoms with Crippen molar-refractivity contribution in [2.45, 2.75) is 12.8 Å². The lowest BCUT2D eigenvalue weighted by molar-refractivity contribution is -0.385. The molecule has 1 heterocycles. The van der Waals surface area contributed by atoms with Crippen molar-refractivity contribution in [2.75, 3.05) is 0 Å². The van der Waals surface area contributed by atoms with Crippen LogP contribution in [-0.2, 0) is 6.42 Å². The normalized spacial score (nSPS) is 10.5. The van der Waals surface area contributed by atoms with Crippen LogP contribution in [0.1, 0.15) is 12.0 Å². The number of benzene rings is 2. The van der Waals surface area contributed by atoms with Gasteiger partial charge in [0.2, 0.25) is 0 Å². The van der Waals surface area contributed by atoms with Crippen LogP contribution in [0, 0.1) is 21.4 Å². The molecule has 0 saturated heterocycles. The van der Waals surface area contributed by atoms with Crippen molar-refractivity contribution in [3.05, 3.63) is 58.1 Å². The van der Waals surface area contributed by atoms with Gasteiger partial charge in [-0.15, -0.1) is 0 Å². The molecule has 0 amide bonds. The third kappa shape index (κ3) is 2.40. The molecule has 6 heteroatoms. The number of nitrogens with zero attached hydrogens (tertiary/aromatic N) is 3. The Labute approximate surface area is 126 Å². The molecule has 0 aliphatic heterocycles. The number of imidazole rings is 1. The minimum Gasteiger partial charge on any atom is -0.338 e. The zero-order valence-corrected chi connectivity index (χ0v) is 11.6. The first-order valence-electron chi connectivity index (χ1n) is 6.79. The van der Waals surface area contributed by atoms with Crippen LogP contribution in [0.25, 0.3) is 22.4 Å². The summed E-state index contributed by atoms with van der Waals surface area (Å²) in [5.74, 6) is 0.661. The first-order valence-corrected chi connectivity index (χ1v) is 6.79. The molecular weight excluding hydrogens is 280 g/mol. The summed E-state index contributed by atoms with van der Waals surface area (Å²) in [4.78, 5) is 18.5. The molecule has 108 valence electrons. The van der Waals surface area contributed by atoms with Crippen LogP contribution in [-0.4, -0.2) is 14.9 Å². The van der Waals surface area contributed by atoms with Gasteiger partial charge < -0.3 is 4.98 Å². The number of aromatic nitrogens is 2. The van der Waals surface area contributed by atoms with Gasteiger partial charge in [-0.1, -0.05) is 30.3 Å². The summed E-state index contributed by atoms with van der Waals surface area (Å²) < 4.78 is 0. The highest BCUT2D eigenvalue weighted by Crippen LogP contribution is 2.30. The van der Waals surface area contributed by atoms with Crippen molar-refractivity contribution in [3.63, 3.8) is 0 Å². The number of aryl methyl sites for hydroxylation is 1. The second-order valence-corrected chi connectivity index (χ2v) is 4.83. The predicted octanol–water partition coefficient (Wildman–Crippen LogP) is 3.59. The predicted molar refractivity (Wildman–Crippen MR) is 82.1 cm³/mol. The molecule has 0 saturated carbocycles. The second-order valence-electron chi connectivity index (χ2n) is 4.83. The number of nitro benzene ring substituents is 1. The van der Waals surface area contributed by atoms with E-state index < -0.39 is 4.92 Å². The minimum atomic E-state index is -0.428. The van der Waals surface area contributed by atoms with Crippen LogP contribution in [0.3, 0.4) is 0 Å². The Balaban J connectivity index is 2.19. The molecule has 1 N–H and O–H groups in total. The maximum Gasteiger partial charge on any atom is 0.274 e. The van der Waals surface area contributed by atoms with E-state index in [1.54, 1.807) is 6.07 Å². The summed E-state index contributed by atoms with van der Waals surface area (Å²) in [5, 5.41) is 20.0.